The molecular weight excluding hydrogens is 382 g/mol. The van der Waals surface area contributed by atoms with Gasteiger partial charge in [-0.3, -0.25) is 9.88 Å². The molecule has 0 atom stereocenters. The van der Waals surface area contributed by atoms with Gasteiger partial charge in [-0.15, -0.1) is 0 Å². The fraction of sp³-hybridized carbons (Fsp3) is 0.333. The maximum atomic E-state index is 9.91. The molecule has 2 aromatic rings. The van der Waals surface area contributed by atoms with Crippen LogP contribution in [0.15, 0.2) is 73.2 Å². The zero-order chi connectivity index (χ0) is 22.3. The lowest BCUT2D eigenvalue weighted by Gasteiger charge is -2.37. The zero-order valence-corrected chi connectivity index (χ0v) is 18.5. The van der Waals surface area contributed by atoms with E-state index in [1.165, 1.54) is 11.1 Å². The molecule has 1 aromatic carbocycles. The number of aryl methyl sites for hydroxylation is 1. The average molecular weight is 414 g/mol. The standard InChI is InChI=1S/C27H31N3O/c1-4-25(11-7-22(3)31)26-12-10-24(18-29-26)19-30-15-13-27(20-28,14-16-30)17-23-8-5-21(2)6-9-23/h4-12,18,31H,1,13-17,19H2,2-3H3/b22-7+,25-11+. The van der Waals surface area contributed by atoms with E-state index >= 15 is 0 Å². The SMILES string of the molecule is C=C/C(=C\C=C(/C)O)c1ccc(CN2CCC(C#N)(Cc3ccc(C)cc3)CC2)cn1. The third-order valence-corrected chi connectivity index (χ3v) is 5.96. The summed E-state index contributed by atoms with van der Waals surface area (Å²) in [5, 5.41) is 19.3. The molecule has 1 fully saturated rings. The largest absolute Gasteiger partial charge is 0.513 e. The maximum Gasteiger partial charge on any atom is 0.0891 e. The molecule has 0 spiro atoms. The summed E-state index contributed by atoms with van der Waals surface area (Å²) in [5.74, 6) is 0.247. The van der Waals surface area contributed by atoms with Gasteiger partial charge in [-0.25, -0.2) is 0 Å². The van der Waals surface area contributed by atoms with Crippen LogP contribution >= 0.6 is 0 Å². The van der Waals surface area contributed by atoms with E-state index in [1.807, 2.05) is 18.3 Å². The Bertz CT molecular complexity index is 982. The number of nitrogens with zero attached hydrogens (tertiary/aromatic N) is 3. The quantitative estimate of drug-likeness (QED) is 0.462. The smallest absolute Gasteiger partial charge is 0.0891 e. The molecule has 3 rings (SSSR count). The van der Waals surface area contributed by atoms with Crippen molar-refractivity contribution >= 4 is 5.57 Å². The molecule has 4 nitrogen and oxygen atoms in total. The summed E-state index contributed by atoms with van der Waals surface area (Å²) in [4.78, 5) is 6.98. The predicted molar refractivity (Wildman–Crippen MR) is 126 cm³/mol. The molecule has 1 saturated heterocycles. The van der Waals surface area contributed by atoms with Gasteiger partial charge in [-0.1, -0.05) is 48.6 Å². The van der Waals surface area contributed by atoms with E-state index in [4.69, 9.17) is 0 Å². The van der Waals surface area contributed by atoms with Gasteiger partial charge in [0.25, 0.3) is 0 Å². The summed E-state index contributed by atoms with van der Waals surface area (Å²) >= 11 is 0. The highest BCUT2D eigenvalue weighted by atomic mass is 16.3. The van der Waals surface area contributed by atoms with Crippen LogP contribution in [0.4, 0.5) is 0 Å². The van der Waals surface area contributed by atoms with Gasteiger partial charge in [-0.05, 0) is 68.0 Å². The summed E-state index contributed by atoms with van der Waals surface area (Å²) in [6, 6.07) is 15.3. The third-order valence-electron chi connectivity index (χ3n) is 5.96. The molecule has 160 valence electrons. The first-order valence-corrected chi connectivity index (χ1v) is 10.8. The number of benzene rings is 1. The van der Waals surface area contributed by atoms with E-state index in [9.17, 15) is 10.4 Å². The zero-order valence-electron chi connectivity index (χ0n) is 18.5. The number of hydrogen-bond donors (Lipinski definition) is 1. The first-order valence-electron chi connectivity index (χ1n) is 10.8. The van der Waals surface area contributed by atoms with Crippen molar-refractivity contribution < 1.29 is 5.11 Å². The number of allylic oxidation sites excluding steroid dienone is 5. The van der Waals surface area contributed by atoms with Gasteiger partial charge >= 0.3 is 0 Å². The number of nitriles is 1. The molecule has 0 saturated carbocycles. The van der Waals surface area contributed by atoms with E-state index in [2.05, 4.69) is 59.8 Å². The van der Waals surface area contributed by atoms with Crippen LogP contribution in [0, 0.1) is 23.7 Å². The van der Waals surface area contributed by atoms with Crippen LogP contribution in [0.5, 0.6) is 0 Å². The number of likely N-dealkylation sites (tertiary alicyclic amines) is 1. The number of aromatic nitrogens is 1. The van der Waals surface area contributed by atoms with Crippen molar-refractivity contribution in [1.29, 1.82) is 5.26 Å². The molecule has 0 bridgehead atoms. The lowest BCUT2D eigenvalue weighted by Crippen LogP contribution is -2.40. The molecule has 31 heavy (non-hydrogen) atoms. The minimum Gasteiger partial charge on any atom is -0.513 e. The van der Waals surface area contributed by atoms with Gasteiger partial charge in [0.1, 0.15) is 0 Å². The molecule has 1 aliphatic rings. The summed E-state index contributed by atoms with van der Waals surface area (Å²) in [5.41, 5.74) is 5.08. The summed E-state index contributed by atoms with van der Waals surface area (Å²) in [6.07, 6.45) is 9.69. The fourth-order valence-electron chi connectivity index (χ4n) is 3.98. The molecular formula is C27H31N3O. The second-order valence-electron chi connectivity index (χ2n) is 8.52. The highest BCUT2D eigenvalue weighted by Crippen LogP contribution is 2.35. The van der Waals surface area contributed by atoms with Crippen LogP contribution < -0.4 is 0 Å². The molecule has 0 amide bonds. The van der Waals surface area contributed by atoms with E-state index < -0.39 is 0 Å². The predicted octanol–water partition coefficient (Wildman–Crippen LogP) is 5.77. The summed E-state index contributed by atoms with van der Waals surface area (Å²) in [7, 11) is 0. The molecule has 4 heteroatoms. The maximum absolute atomic E-state index is 9.91. The summed E-state index contributed by atoms with van der Waals surface area (Å²) < 4.78 is 0. The number of aliphatic hydroxyl groups excluding tert-OH is 1. The summed E-state index contributed by atoms with van der Waals surface area (Å²) in [6.45, 7) is 10.2. The molecule has 1 N–H and O–H groups in total. The Labute approximate surface area is 185 Å². The van der Waals surface area contributed by atoms with E-state index in [-0.39, 0.29) is 11.2 Å². The van der Waals surface area contributed by atoms with Crippen molar-refractivity contribution in [1.82, 2.24) is 9.88 Å². The Morgan fingerprint density at radius 2 is 1.84 bits per heavy atom. The Kier molecular flexibility index (Phi) is 7.44. The van der Waals surface area contributed by atoms with Crippen molar-refractivity contribution in [3.8, 4) is 6.07 Å². The van der Waals surface area contributed by atoms with Crippen molar-refractivity contribution in [3.05, 3.63) is 95.5 Å². The Hall–Kier alpha value is -3.16. The monoisotopic (exact) mass is 413 g/mol. The molecule has 0 radical (unpaired) electrons. The molecule has 1 aliphatic heterocycles. The second-order valence-corrected chi connectivity index (χ2v) is 8.52. The normalized spacial score (nSPS) is 17.2. The van der Waals surface area contributed by atoms with Crippen molar-refractivity contribution in [2.75, 3.05) is 13.1 Å². The second kappa shape index (κ2) is 10.2. The topological polar surface area (TPSA) is 60.1 Å². The van der Waals surface area contributed by atoms with Gasteiger partial charge in [0, 0.05) is 25.8 Å². The van der Waals surface area contributed by atoms with Gasteiger partial charge in [0.2, 0.25) is 0 Å². The van der Waals surface area contributed by atoms with Crippen LogP contribution in [0.3, 0.4) is 0 Å². The van der Waals surface area contributed by atoms with E-state index in [1.54, 1.807) is 19.1 Å². The number of pyridine rings is 1. The molecule has 0 aliphatic carbocycles. The minimum absolute atomic E-state index is 0.247. The molecule has 1 aromatic heterocycles. The Morgan fingerprint density at radius 3 is 2.39 bits per heavy atom. The first-order chi connectivity index (χ1) is 14.9. The van der Waals surface area contributed by atoms with Crippen LogP contribution in [0.1, 0.15) is 42.1 Å². The highest BCUT2D eigenvalue weighted by Gasteiger charge is 2.34. The average Bonchev–Trinajstić information content (AvgIpc) is 2.78. The minimum atomic E-state index is -0.268. The number of rotatable bonds is 7. The van der Waals surface area contributed by atoms with Crippen LogP contribution in [0.25, 0.3) is 5.57 Å². The van der Waals surface area contributed by atoms with E-state index in [0.717, 1.165) is 55.7 Å². The Balaban J connectivity index is 1.59. The fourth-order valence-corrected chi connectivity index (χ4v) is 3.98. The van der Waals surface area contributed by atoms with Gasteiger partial charge < -0.3 is 5.11 Å². The third kappa shape index (κ3) is 6.16. The molecule has 2 heterocycles. The van der Waals surface area contributed by atoms with Crippen molar-refractivity contribution in [2.24, 2.45) is 5.41 Å². The highest BCUT2D eigenvalue weighted by molar-refractivity contribution is 5.72. The van der Waals surface area contributed by atoms with Crippen LogP contribution in [0.2, 0.25) is 0 Å². The lowest BCUT2D eigenvalue weighted by atomic mass is 9.75. The van der Waals surface area contributed by atoms with Gasteiger partial charge in [0.05, 0.1) is 22.9 Å². The van der Waals surface area contributed by atoms with Crippen molar-refractivity contribution in [2.45, 2.75) is 39.7 Å². The van der Waals surface area contributed by atoms with Crippen molar-refractivity contribution in [3.63, 3.8) is 0 Å². The van der Waals surface area contributed by atoms with Gasteiger partial charge in [-0.2, -0.15) is 5.26 Å². The molecule has 0 unspecified atom stereocenters. The number of aliphatic hydroxyl groups is 1. The van der Waals surface area contributed by atoms with Crippen LogP contribution in [-0.2, 0) is 13.0 Å². The van der Waals surface area contributed by atoms with Gasteiger partial charge in [0.15, 0.2) is 0 Å². The number of hydrogen-bond acceptors (Lipinski definition) is 4. The number of piperidine rings is 1. The van der Waals surface area contributed by atoms with E-state index in [0.29, 0.717) is 0 Å². The van der Waals surface area contributed by atoms with Crippen LogP contribution in [-0.4, -0.2) is 28.1 Å². The lowest BCUT2D eigenvalue weighted by molar-refractivity contribution is 0.138. The Morgan fingerprint density at radius 1 is 1.16 bits per heavy atom. The first kappa shape index (κ1) is 22.5.